The van der Waals surface area contributed by atoms with E-state index in [1.54, 1.807) is 16.8 Å². The number of nitrogens with zero attached hydrogens (tertiary/aromatic N) is 2. The van der Waals surface area contributed by atoms with E-state index < -0.39 is 0 Å². The molecule has 0 saturated carbocycles. The molecule has 1 aromatic heterocycles. The van der Waals surface area contributed by atoms with E-state index in [1.807, 2.05) is 26.5 Å². The molecule has 0 radical (unpaired) electrons. The Hall–Kier alpha value is -1.39. The number of halogens is 2. The van der Waals surface area contributed by atoms with Gasteiger partial charge in [-0.2, -0.15) is 5.10 Å². The smallest absolute Gasteiger partial charge is 0.127 e. The summed E-state index contributed by atoms with van der Waals surface area (Å²) in [6, 6.07) is 4.91. The molecule has 0 amide bonds. The lowest BCUT2D eigenvalue weighted by atomic mass is 10.0. The number of nitrogens with one attached hydrogen (secondary N) is 1. The van der Waals surface area contributed by atoms with Crippen molar-refractivity contribution in [3.63, 3.8) is 0 Å². The predicted octanol–water partition coefficient (Wildman–Crippen LogP) is 2.59. The summed E-state index contributed by atoms with van der Waals surface area (Å²) in [6.07, 6.45) is 5.13. The molecule has 2 rings (SSSR count). The standard InChI is InChI=1S/C14H17ClFN3/c1-17-11(6-10-8-18-19(2)9-10)7-12-13(15)4-3-5-14(12)16/h3-5,8-9,11,17H,6-7H2,1-2H3. The zero-order valence-corrected chi connectivity index (χ0v) is 11.8. The van der Waals surface area contributed by atoms with E-state index in [4.69, 9.17) is 11.6 Å². The molecule has 0 spiro atoms. The highest BCUT2D eigenvalue weighted by molar-refractivity contribution is 6.31. The van der Waals surface area contributed by atoms with Gasteiger partial charge in [-0.15, -0.1) is 0 Å². The average molecular weight is 282 g/mol. The van der Waals surface area contributed by atoms with Gasteiger partial charge in [0.25, 0.3) is 0 Å². The normalized spacial score (nSPS) is 12.6. The summed E-state index contributed by atoms with van der Waals surface area (Å²) in [4.78, 5) is 0. The molecule has 0 aliphatic heterocycles. The predicted molar refractivity (Wildman–Crippen MR) is 74.9 cm³/mol. The zero-order valence-electron chi connectivity index (χ0n) is 11.0. The molecule has 0 fully saturated rings. The molecule has 0 bridgehead atoms. The molecular formula is C14H17ClFN3. The molecular weight excluding hydrogens is 265 g/mol. The van der Waals surface area contributed by atoms with E-state index in [9.17, 15) is 4.39 Å². The third-order valence-corrected chi connectivity index (χ3v) is 3.52. The van der Waals surface area contributed by atoms with Crippen molar-refractivity contribution in [3.05, 3.63) is 52.6 Å². The van der Waals surface area contributed by atoms with Crippen molar-refractivity contribution in [1.29, 1.82) is 0 Å². The first-order valence-electron chi connectivity index (χ1n) is 6.18. The van der Waals surface area contributed by atoms with Gasteiger partial charge in [0.15, 0.2) is 0 Å². The fourth-order valence-corrected chi connectivity index (χ4v) is 2.35. The molecule has 3 nitrogen and oxygen atoms in total. The molecule has 5 heteroatoms. The minimum atomic E-state index is -0.251. The van der Waals surface area contributed by atoms with Crippen LogP contribution in [0.25, 0.3) is 0 Å². The lowest BCUT2D eigenvalue weighted by molar-refractivity contribution is 0.532. The average Bonchev–Trinajstić information content (AvgIpc) is 2.78. The van der Waals surface area contributed by atoms with Gasteiger partial charge in [-0.1, -0.05) is 17.7 Å². The van der Waals surface area contributed by atoms with Crippen LogP contribution in [0.3, 0.4) is 0 Å². The maximum atomic E-state index is 13.8. The third kappa shape index (κ3) is 3.55. The second kappa shape index (κ2) is 6.17. The second-order valence-corrected chi connectivity index (χ2v) is 5.02. The van der Waals surface area contributed by atoms with Gasteiger partial charge < -0.3 is 5.32 Å². The van der Waals surface area contributed by atoms with E-state index in [0.717, 1.165) is 12.0 Å². The van der Waals surface area contributed by atoms with Crippen LogP contribution < -0.4 is 5.32 Å². The Morgan fingerprint density at radius 3 is 2.79 bits per heavy atom. The van der Waals surface area contributed by atoms with E-state index in [1.165, 1.54) is 6.07 Å². The monoisotopic (exact) mass is 281 g/mol. The summed E-state index contributed by atoms with van der Waals surface area (Å²) >= 11 is 6.05. The quantitative estimate of drug-likeness (QED) is 0.913. The number of aryl methyl sites for hydroxylation is 1. The molecule has 102 valence electrons. The van der Waals surface area contributed by atoms with Crippen molar-refractivity contribution in [1.82, 2.24) is 15.1 Å². The Kier molecular flexibility index (Phi) is 4.56. The second-order valence-electron chi connectivity index (χ2n) is 4.62. The Morgan fingerprint density at radius 1 is 1.42 bits per heavy atom. The maximum absolute atomic E-state index is 13.8. The number of likely N-dealkylation sites (N-methyl/N-ethyl adjacent to an activating group) is 1. The third-order valence-electron chi connectivity index (χ3n) is 3.16. The number of aromatic nitrogens is 2. The minimum Gasteiger partial charge on any atom is -0.316 e. The Labute approximate surface area is 117 Å². The zero-order chi connectivity index (χ0) is 13.8. The molecule has 0 saturated heterocycles. The topological polar surface area (TPSA) is 29.9 Å². The molecule has 1 aromatic carbocycles. The summed E-state index contributed by atoms with van der Waals surface area (Å²) in [6.45, 7) is 0. The highest BCUT2D eigenvalue weighted by Crippen LogP contribution is 2.21. The van der Waals surface area contributed by atoms with Gasteiger partial charge in [0, 0.05) is 29.9 Å². The number of hydrogen-bond donors (Lipinski definition) is 1. The van der Waals surface area contributed by atoms with E-state index in [-0.39, 0.29) is 11.9 Å². The number of hydrogen-bond acceptors (Lipinski definition) is 2. The van der Waals surface area contributed by atoms with Crippen molar-refractivity contribution < 1.29 is 4.39 Å². The maximum Gasteiger partial charge on any atom is 0.127 e. The van der Waals surface area contributed by atoms with Gasteiger partial charge in [-0.05, 0) is 37.6 Å². The van der Waals surface area contributed by atoms with Crippen LogP contribution in [0.15, 0.2) is 30.6 Å². The highest BCUT2D eigenvalue weighted by Gasteiger charge is 2.14. The van der Waals surface area contributed by atoms with Crippen LogP contribution in [0.1, 0.15) is 11.1 Å². The summed E-state index contributed by atoms with van der Waals surface area (Å²) < 4.78 is 15.5. The summed E-state index contributed by atoms with van der Waals surface area (Å²) in [7, 11) is 3.75. The van der Waals surface area contributed by atoms with Crippen molar-refractivity contribution in [3.8, 4) is 0 Å². The fourth-order valence-electron chi connectivity index (χ4n) is 2.11. The summed E-state index contributed by atoms with van der Waals surface area (Å²) in [5.41, 5.74) is 1.68. The SMILES string of the molecule is CNC(Cc1cnn(C)c1)Cc1c(F)cccc1Cl. The Bertz CT molecular complexity index is 533. The molecule has 1 N–H and O–H groups in total. The van der Waals surface area contributed by atoms with Crippen molar-refractivity contribution in [2.75, 3.05) is 7.05 Å². The van der Waals surface area contributed by atoms with Crippen LogP contribution in [0.5, 0.6) is 0 Å². The van der Waals surface area contributed by atoms with Crippen molar-refractivity contribution in [2.24, 2.45) is 7.05 Å². The number of rotatable bonds is 5. The lowest BCUT2D eigenvalue weighted by Gasteiger charge is -2.16. The first-order chi connectivity index (χ1) is 9.10. The van der Waals surface area contributed by atoms with Crippen LogP contribution in [-0.4, -0.2) is 22.9 Å². The first-order valence-corrected chi connectivity index (χ1v) is 6.55. The molecule has 19 heavy (non-hydrogen) atoms. The van der Waals surface area contributed by atoms with Gasteiger partial charge in [-0.25, -0.2) is 4.39 Å². The highest BCUT2D eigenvalue weighted by atomic mass is 35.5. The van der Waals surface area contributed by atoms with Gasteiger partial charge in [0.2, 0.25) is 0 Å². The van der Waals surface area contributed by atoms with Crippen LogP contribution in [0, 0.1) is 5.82 Å². The molecule has 1 atom stereocenters. The molecule has 0 aliphatic carbocycles. The number of benzene rings is 1. The molecule has 1 heterocycles. The molecule has 2 aromatic rings. The largest absolute Gasteiger partial charge is 0.316 e. The van der Waals surface area contributed by atoms with E-state index in [2.05, 4.69) is 10.4 Å². The Morgan fingerprint density at radius 2 is 2.21 bits per heavy atom. The fraction of sp³-hybridized carbons (Fsp3) is 0.357. The van der Waals surface area contributed by atoms with Crippen LogP contribution in [0.4, 0.5) is 4.39 Å². The Balaban J connectivity index is 2.11. The van der Waals surface area contributed by atoms with Crippen LogP contribution in [-0.2, 0) is 19.9 Å². The van der Waals surface area contributed by atoms with Crippen molar-refractivity contribution >= 4 is 11.6 Å². The van der Waals surface area contributed by atoms with E-state index >= 15 is 0 Å². The van der Waals surface area contributed by atoms with Gasteiger partial charge in [0.05, 0.1) is 6.20 Å². The van der Waals surface area contributed by atoms with Gasteiger partial charge in [0.1, 0.15) is 5.82 Å². The van der Waals surface area contributed by atoms with Crippen molar-refractivity contribution in [2.45, 2.75) is 18.9 Å². The van der Waals surface area contributed by atoms with E-state index in [0.29, 0.717) is 17.0 Å². The van der Waals surface area contributed by atoms with Crippen LogP contribution in [0.2, 0.25) is 5.02 Å². The molecule has 1 unspecified atom stereocenters. The minimum absolute atomic E-state index is 0.124. The summed E-state index contributed by atoms with van der Waals surface area (Å²) in [5, 5.41) is 7.81. The first kappa shape index (κ1) is 14.0. The lowest BCUT2D eigenvalue weighted by Crippen LogP contribution is -2.30. The van der Waals surface area contributed by atoms with Gasteiger partial charge >= 0.3 is 0 Å². The van der Waals surface area contributed by atoms with Crippen LogP contribution >= 0.6 is 11.6 Å². The summed E-state index contributed by atoms with van der Waals surface area (Å²) in [5.74, 6) is -0.251. The van der Waals surface area contributed by atoms with Gasteiger partial charge in [-0.3, -0.25) is 4.68 Å². The molecule has 0 aliphatic rings.